The first-order valence-electron chi connectivity index (χ1n) is 17.3. The molecule has 0 aliphatic heterocycles. The van der Waals surface area contributed by atoms with E-state index in [4.69, 9.17) is 0 Å². The summed E-state index contributed by atoms with van der Waals surface area (Å²) in [7, 11) is 0. The molecule has 0 radical (unpaired) electrons. The first-order valence-corrected chi connectivity index (χ1v) is 19.8. The molecule has 0 N–H and O–H groups in total. The zero-order valence-electron chi connectivity index (χ0n) is 27.2. The number of thiophene rings is 3. The number of hydrogen-bond acceptors (Lipinski definition) is 3. The molecule has 236 valence electrons. The molecule has 12 aromatic rings. The molecule has 3 heteroatoms. The molecule has 0 atom stereocenters. The topological polar surface area (TPSA) is 0 Å². The third-order valence-electron chi connectivity index (χ3n) is 10.8. The van der Waals surface area contributed by atoms with Crippen LogP contribution in [0, 0.1) is 0 Å². The standard InChI is InChI=1S/C48H26S3/c1-2-10-30-27(9-1)17-21-37-39-25-44-40(26-45(39)51-48(30)37)38-23-28(19-22-42(38)50-44)46-33-12-3-5-14-35(33)47(36-15-6-4-13-34(36)46)29-18-20-32-31-11-7-8-16-41(31)49-43(32)24-29/h1-26H. The van der Waals surface area contributed by atoms with Gasteiger partial charge in [0.15, 0.2) is 0 Å². The molecule has 3 heterocycles. The summed E-state index contributed by atoms with van der Waals surface area (Å²) in [6.45, 7) is 0. The van der Waals surface area contributed by atoms with Crippen LogP contribution >= 0.6 is 34.0 Å². The summed E-state index contributed by atoms with van der Waals surface area (Å²) in [5.74, 6) is 0. The van der Waals surface area contributed by atoms with Crippen molar-refractivity contribution in [1.29, 1.82) is 0 Å². The molecule has 3 aromatic heterocycles. The Hall–Kier alpha value is -5.58. The van der Waals surface area contributed by atoms with Gasteiger partial charge >= 0.3 is 0 Å². The van der Waals surface area contributed by atoms with Gasteiger partial charge in [0, 0.05) is 60.5 Å². The lowest BCUT2D eigenvalue weighted by atomic mass is 9.85. The summed E-state index contributed by atoms with van der Waals surface area (Å²) in [6.07, 6.45) is 0. The molecule has 12 rings (SSSR count). The molecule has 9 aromatic carbocycles. The Kier molecular flexibility index (Phi) is 5.78. The fraction of sp³-hybridized carbons (Fsp3) is 0. The van der Waals surface area contributed by atoms with E-state index in [1.54, 1.807) is 0 Å². The van der Waals surface area contributed by atoms with Gasteiger partial charge in [0.25, 0.3) is 0 Å². The van der Waals surface area contributed by atoms with E-state index in [9.17, 15) is 0 Å². The SMILES string of the molecule is c1ccc2c(c1)ccc1c3cc4sc5ccc(-c6c7ccccc7c(-c7ccc8c(c7)sc7ccccc78)c7ccccc67)cc5c4cc3sc21. The lowest BCUT2D eigenvalue weighted by molar-refractivity contribution is 1.70. The van der Waals surface area contributed by atoms with Crippen molar-refractivity contribution in [3.63, 3.8) is 0 Å². The molecule has 51 heavy (non-hydrogen) atoms. The van der Waals surface area contributed by atoms with E-state index < -0.39 is 0 Å². The Morgan fingerprint density at radius 3 is 1.45 bits per heavy atom. The smallest absolute Gasteiger partial charge is 0.0433 e. The summed E-state index contributed by atoms with van der Waals surface area (Å²) in [5, 5.41) is 15.9. The Morgan fingerprint density at radius 1 is 0.255 bits per heavy atom. The summed E-state index contributed by atoms with van der Waals surface area (Å²) >= 11 is 5.73. The van der Waals surface area contributed by atoms with Crippen molar-refractivity contribution >= 4 is 127 Å². The third kappa shape index (κ3) is 4.00. The molecule has 0 aliphatic carbocycles. The second kappa shape index (κ2) is 10.5. The summed E-state index contributed by atoms with van der Waals surface area (Å²) < 4.78 is 8.10. The van der Waals surface area contributed by atoms with Gasteiger partial charge in [-0.1, -0.05) is 121 Å². The molecule has 0 amide bonds. The van der Waals surface area contributed by atoms with E-state index in [1.165, 1.54) is 115 Å². The van der Waals surface area contributed by atoms with Gasteiger partial charge in [-0.15, -0.1) is 34.0 Å². The van der Waals surface area contributed by atoms with Crippen molar-refractivity contribution in [2.24, 2.45) is 0 Å². The van der Waals surface area contributed by atoms with Crippen LogP contribution in [0.2, 0.25) is 0 Å². The minimum Gasteiger partial charge on any atom is -0.135 e. The molecule has 0 saturated heterocycles. The van der Waals surface area contributed by atoms with Gasteiger partial charge in [-0.25, -0.2) is 0 Å². The number of rotatable bonds is 2. The van der Waals surface area contributed by atoms with Crippen LogP contribution in [0.4, 0.5) is 0 Å². The van der Waals surface area contributed by atoms with Crippen LogP contribution < -0.4 is 0 Å². The highest BCUT2D eigenvalue weighted by molar-refractivity contribution is 7.28. The minimum absolute atomic E-state index is 1.27. The Labute approximate surface area is 305 Å². The van der Waals surface area contributed by atoms with E-state index in [0.717, 1.165) is 0 Å². The molecule has 0 spiro atoms. The van der Waals surface area contributed by atoms with Crippen molar-refractivity contribution in [3.05, 3.63) is 158 Å². The van der Waals surface area contributed by atoms with E-state index in [2.05, 4.69) is 158 Å². The molecule has 0 aliphatic rings. The minimum atomic E-state index is 1.27. The molecular weight excluding hydrogens is 673 g/mol. The van der Waals surface area contributed by atoms with Crippen molar-refractivity contribution < 1.29 is 0 Å². The van der Waals surface area contributed by atoms with Gasteiger partial charge in [0.2, 0.25) is 0 Å². The zero-order chi connectivity index (χ0) is 33.2. The normalized spacial score (nSPS) is 12.3. The van der Waals surface area contributed by atoms with Gasteiger partial charge in [-0.2, -0.15) is 0 Å². The van der Waals surface area contributed by atoms with Crippen LogP contribution in [0.1, 0.15) is 0 Å². The Morgan fingerprint density at radius 2 is 0.725 bits per heavy atom. The average Bonchev–Trinajstić information content (AvgIpc) is 3.86. The fourth-order valence-corrected chi connectivity index (χ4v) is 12.1. The number of hydrogen-bond donors (Lipinski definition) is 0. The van der Waals surface area contributed by atoms with Crippen LogP contribution in [-0.2, 0) is 0 Å². The average molecular weight is 699 g/mol. The van der Waals surface area contributed by atoms with Crippen LogP contribution in [0.3, 0.4) is 0 Å². The van der Waals surface area contributed by atoms with E-state index >= 15 is 0 Å². The summed E-state index contributed by atoms with van der Waals surface area (Å²) in [4.78, 5) is 0. The number of benzene rings is 9. The fourth-order valence-electron chi connectivity index (χ4n) is 8.56. The van der Waals surface area contributed by atoms with Crippen molar-refractivity contribution in [2.45, 2.75) is 0 Å². The summed E-state index contributed by atoms with van der Waals surface area (Å²) in [6, 6.07) is 59.3. The predicted octanol–water partition coefficient (Wildman–Crippen LogP) is 15.6. The van der Waals surface area contributed by atoms with Gasteiger partial charge in [-0.05, 0) is 91.0 Å². The first-order chi connectivity index (χ1) is 25.3. The lowest BCUT2D eigenvalue weighted by Crippen LogP contribution is -1.90. The molecule has 0 unspecified atom stereocenters. The maximum atomic E-state index is 2.46. The number of fused-ring (bicyclic) bond motifs is 13. The highest BCUT2D eigenvalue weighted by Crippen LogP contribution is 2.48. The Balaban J connectivity index is 1.10. The second-order valence-electron chi connectivity index (χ2n) is 13.6. The zero-order valence-corrected chi connectivity index (χ0v) is 29.7. The van der Waals surface area contributed by atoms with Gasteiger partial charge < -0.3 is 0 Å². The van der Waals surface area contributed by atoms with Gasteiger partial charge in [0.05, 0.1) is 0 Å². The maximum Gasteiger partial charge on any atom is 0.0433 e. The predicted molar refractivity (Wildman–Crippen MR) is 228 cm³/mol. The quantitative estimate of drug-likeness (QED) is 0.158. The van der Waals surface area contributed by atoms with Gasteiger partial charge in [0.1, 0.15) is 0 Å². The molecule has 0 saturated carbocycles. The summed E-state index contributed by atoms with van der Waals surface area (Å²) in [5.41, 5.74) is 5.16. The highest BCUT2D eigenvalue weighted by atomic mass is 32.1. The monoisotopic (exact) mass is 698 g/mol. The van der Waals surface area contributed by atoms with Crippen LogP contribution in [0.5, 0.6) is 0 Å². The van der Waals surface area contributed by atoms with Crippen molar-refractivity contribution in [3.8, 4) is 22.3 Å². The molecule has 0 fully saturated rings. The molecule has 0 nitrogen and oxygen atoms in total. The lowest BCUT2D eigenvalue weighted by Gasteiger charge is -2.18. The maximum absolute atomic E-state index is 2.46. The van der Waals surface area contributed by atoms with Crippen molar-refractivity contribution in [2.75, 3.05) is 0 Å². The van der Waals surface area contributed by atoms with E-state index in [0.29, 0.717) is 0 Å². The van der Waals surface area contributed by atoms with Gasteiger partial charge in [-0.3, -0.25) is 0 Å². The second-order valence-corrected chi connectivity index (χ2v) is 16.8. The largest absolute Gasteiger partial charge is 0.135 e. The highest BCUT2D eigenvalue weighted by Gasteiger charge is 2.19. The molecular formula is C48H26S3. The van der Waals surface area contributed by atoms with E-state index in [-0.39, 0.29) is 0 Å². The van der Waals surface area contributed by atoms with Crippen molar-refractivity contribution in [1.82, 2.24) is 0 Å². The molecule has 0 bridgehead atoms. The van der Waals surface area contributed by atoms with E-state index in [1.807, 2.05) is 34.0 Å². The first kappa shape index (κ1) is 28.2. The third-order valence-corrected chi connectivity index (χ3v) is 14.3. The van der Waals surface area contributed by atoms with Crippen LogP contribution in [0.25, 0.3) is 115 Å². The van der Waals surface area contributed by atoms with Crippen LogP contribution in [-0.4, -0.2) is 0 Å². The van der Waals surface area contributed by atoms with Crippen LogP contribution in [0.15, 0.2) is 158 Å². The Bertz CT molecular complexity index is 3370.